The number of anilines is 1. The van der Waals surface area contributed by atoms with Crippen molar-refractivity contribution in [2.45, 2.75) is 6.42 Å². The number of carbonyl (C=O) groups is 1. The quantitative estimate of drug-likeness (QED) is 0.251. The maximum atomic E-state index is 12.2. The maximum absolute atomic E-state index is 12.2. The smallest absolute Gasteiger partial charge is 0.244 e. The molecule has 0 atom stereocenters. The number of nitrogen functional groups attached to an aromatic ring is 1. The van der Waals surface area contributed by atoms with E-state index in [9.17, 15) is 4.79 Å². The van der Waals surface area contributed by atoms with Gasteiger partial charge in [-0.2, -0.15) is 0 Å². The molecule has 0 saturated carbocycles. The SMILES string of the molecule is CN(C)CCCNC(=O)/C=C/c1cnc(N)c2c(-c3ccc(Oc4ccccc4)cc3)csc12. The lowest BCUT2D eigenvalue weighted by atomic mass is 10.0. The lowest BCUT2D eigenvalue weighted by Crippen LogP contribution is -2.25. The third kappa shape index (κ3) is 5.81. The Morgan fingerprint density at radius 3 is 2.59 bits per heavy atom. The zero-order valence-corrected chi connectivity index (χ0v) is 20.1. The Balaban J connectivity index is 1.51. The van der Waals surface area contributed by atoms with E-state index in [1.165, 1.54) is 0 Å². The zero-order chi connectivity index (χ0) is 23.9. The second kappa shape index (κ2) is 11.0. The van der Waals surface area contributed by atoms with Gasteiger partial charge in [-0.1, -0.05) is 30.3 Å². The van der Waals surface area contributed by atoms with Crippen molar-refractivity contribution in [1.82, 2.24) is 15.2 Å². The van der Waals surface area contributed by atoms with Crippen LogP contribution in [0.5, 0.6) is 11.5 Å². The number of carbonyl (C=O) groups excluding carboxylic acids is 1. The lowest BCUT2D eigenvalue weighted by Gasteiger charge is -2.09. The molecular weight excluding hydrogens is 444 g/mol. The first-order chi connectivity index (χ1) is 16.5. The minimum atomic E-state index is -0.116. The Kier molecular flexibility index (Phi) is 7.57. The molecule has 174 valence electrons. The van der Waals surface area contributed by atoms with Crippen LogP contribution in [0, 0.1) is 0 Å². The van der Waals surface area contributed by atoms with Gasteiger partial charge >= 0.3 is 0 Å². The van der Waals surface area contributed by atoms with Gasteiger partial charge in [0.05, 0.1) is 0 Å². The van der Waals surface area contributed by atoms with E-state index in [0.717, 1.165) is 51.2 Å². The van der Waals surface area contributed by atoms with Gasteiger partial charge in [0.2, 0.25) is 5.91 Å². The summed E-state index contributed by atoms with van der Waals surface area (Å²) in [7, 11) is 4.03. The van der Waals surface area contributed by atoms with Crippen molar-refractivity contribution in [1.29, 1.82) is 0 Å². The van der Waals surface area contributed by atoms with Crippen molar-refractivity contribution < 1.29 is 9.53 Å². The average Bonchev–Trinajstić information content (AvgIpc) is 3.29. The van der Waals surface area contributed by atoms with Crippen LogP contribution in [0.2, 0.25) is 0 Å². The number of fused-ring (bicyclic) bond motifs is 1. The van der Waals surface area contributed by atoms with E-state index in [-0.39, 0.29) is 5.91 Å². The van der Waals surface area contributed by atoms with Crippen molar-refractivity contribution in [2.24, 2.45) is 0 Å². The summed E-state index contributed by atoms with van der Waals surface area (Å²) in [6.07, 6.45) is 5.97. The van der Waals surface area contributed by atoms with E-state index in [1.807, 2.05) is 68.7 Å². The van der Waals surface area contributed by atoms with Crippen LogP contribution in [-0.2, 0) is 4.79 Å². The summed E-state index contributed by atoms with van der Waals surface area (Å²) >= 11 is 1.59. The summed E-state index contributed by atoms with van der Waals surface area (Å²) in [6.45, 7) is 1.58. The number of thiophene rings is 1. The molecule has 6 nitrogen and oxygen atoms in total. The summed E-state index contributed by atoms with van der Waals surface area (Å²) in [6, 6.07) is 17.6. The Morgan fingerprint density at radius 2 is 1.85 bits per heavy atom. The van der Waals surface area contributed by atoms with Gasteiger partial charge in [0.25, 0.3) is 0 Å². The Bertz CT molecular complexity index is 1280. The van der Waals surface area contributed by atoms with Gasteiger partial charge in [-0.15, -0.1) is 11.3 Å². The molecule has 0 bridgehead atoms. The van der Waals surface area contributed by atoms with Gasteiger partial charge in [-0.05, 0) is 68.3 Å². The number of nitrogens with one attached hydrogen (secondary N) is 1. The first-order valence-electron chi connectivity index (χ1n) is 11.1. The summed E-state index contributed by atoms with van der Waals surface area (Å²) < 4.78 is 6.90. The highest BCUT2D eigenvalue weighted by Crippen LogP contribution is 2.39. The van der Waals surface area contributed by atoms with E-state index in [1.54, 1.807) is 29.7 Å². The molecule has 0 aliphatic rings. The molecule has 2 aromatic heterocycles. The number of hydrogen-bond acceptors (Lipinski definition) is 6. The Morgan fingerprint density at radius 1 is 1.12 bits per heavy atom. The second-order valence-electron chi connectivity index (χ2n) is 8.17. The molecular formula is C27H28N4O2S. The van der Waals surface area contributed by atoms with E-state index >= 15 is 0 Å². The number of ether oxygens (including phenoxy) is 1. The highest BCUT2D eigenvalue weighted by molar-refractivity contribution is 7.18. The monoisotopic (exact) mass is 472 g/mol. The molecule has 3 N–H and O–H groups in total. The molecule has 0 aliphatic heterocycles. The van der Waals surface area contributed by atoms with Crippen LogP contribution in [-0.4, -0.2) is 43.0 Å². The van der Waals surface area contributed by atoms with Crippen molar-refractivity contribution >= 4 is 39.2 Å². The van der Waals surface area contributed by atoms with E-state index in [4.69, 9.17) is 10.5 Å². The van der Waals surface area contributed by atoms with Crippen LogP contribution >= 0.6 is 11.3 Å². The van der Waals surface area contributed by atoms with Crippen LogP contribution < -0.4 is 15.8 Å². The van der Waals surface area contributed by atoms with Crippen molar-refractivity contribution in [3.8, 4) is 22.6 Å². The summed E-state index contributed by atoms with van der Waals surface area (Å²) in [5, 5.41) is 5.89. The Labute approximate surface area is 203 Å². The van der Waals surface area contributed by atoms with Crippen LogP contribution in [0.15, 0.2) is 72.3 Å². The number of amides is 1. The van der Waals surface area contributed by atoms with Gasteiger partial charge < -0.3 is 20.7 Å². The van der Waals surface area contributed by atoms with E-state index in [2.05, 4.69) is 20.6 Å². The van der Waals surface area contributed by atoms with E-state index in [0.29, 0.717) is 12.4 Å². The maximum Gasteiger partial charge on any atom is 0.244 e. The third-order valence-electron chi connectivity index (χ3n) is 5.29. The van der Waals surface area contributed by atoms with Gasteiger partial charge in [-0.25, -0.2) is 4.98 Å². The van der Waals surface area contributed by atoms with Crippen LogP contribution in [0.3, 0.4) is 0 Å². The average molecular weight is 473 g/mol. The normalized spacial score (nSPS) is 11.4. The molecule has 0 aliphatic carbocycles. The molecule has 0 spiro atoms. The van der Waals surface area contributed by atoms with Gasteiger partial charge in [0.1, 0.15) is 17.3 Å². The fourth-order valence-corrected chi connectivity index (χ4v) is 4.66. The molecule has 0 fully saturated rings. The van der Waals surface area contributed by atoms with Crippen molar-refractivity contribution in [2.75, 3.05) is 32.9 Å². The summed E-state index contributed by atoms with van der Waals surface area (Å²) in [5.74, 6) is 1.92. The number of nitrogens with zero attached hydrogens (tertiary/aromatic N) is 2. The standard InChI is InChI=1S/C27H28N4O2S/c1-31(2)16-6-15-29-24(32)14-11-20-17-30-27(28)25-23(18-34-26(20)25)19-9-12-22(13-10-19)33-21-7-4-3-5-8-21/h3-5,7-14,17-18H,6,15-16H2,1-2H3,(H2,28,30)(H,29,32)/b14-11+. The second-order valence-corrected chi connectivity index (χ2v) is 9.05. The first-order valence-corrected chi connectivity index (χ1v) is 12.0. The number of hydrogen-bond donors (Lipinski definition) is 2. The molecule has 0 unspecified atom stereocenters. The Hall–Kier alpha value is -3.68. The first kappa shape index (κ1) is 23.5. The molecule has 4 aromatic rings. The minimum absolute atomic E-state index is 0.116. The largest absolute Gasteiger partial charge is 0.457 e. The lowest BCUT2D eigenvalue weighted by molar-refractivity contribution is -0.116. The molecule has 0 radical (unpaired) electrons. The number of nitrogens with two attached hydrogens (primary N) is 1. The predicted molar refractivity (Wildman–Crippen MR) is 141 cm³/mol. The highest BCUT2D eigenvalue weighted by atomic mass is 32.1. The predicted octanol–water partition coefficient (Wildman–Crippen LogP) is 5.42. The number of rotatable bonds is 9. The molecule has 34 heavy (non-hydrogen) atoms. The topological polar surface area (TPSA) is 80.5 Å². The van der Waals surface area contributed by atoms with Gasteiger partial charge in [0.15, 0.2) is 0 Å². The molecule has 0 saturated heterocycles. The van der Waals surface area contributed by atoms with Crippen LogP contribution in [0.4, 0.5) is 5.82 Å². The van der Waals surface area contributed by atoms with E-state index < -0.39 is 0 Å². The molecule has 2 aromatic carbocycles. The third-order valence-corrected chi connectivity index (χ3v) is 6.32. The fraction of sp³-hybridized carbons (Fsp3) is 0.185. The van der Waals surface area contributed by atoms with Crippen LogP contribution in [0.1, 0.15) is 12.0 Å². The molecule has 2 heterocycles. The fourth-order valence-electron chi connectivity index (χ4n) is 3.58. The number of benzene rings is 2. The number of para-hydroxylation sites is 1. The van der Waals surface area contributed by atoms with Gasteiger partial charge in [0, 0.05) is 40.0 Å². The van der Waals surface area contributed by atoms with Crippen LogP contribution in [0.25, 0.3) is 27.3 Å². The minimum Gasteiger partial charge on any atom is -0.457 e. The summed E-state index contributed by atoms with van der Waals surface area (Å²) in [5.41, 5.74) is 9.17. The zero-order valence-electron chi connectivity index (χ0n) is 19.3. The molecule has 7 heteroatoms. The number of pyridine rings is 1. The number of aromatic nitrogens is 1. The molecule has 1 amide bonds. The van der Waals surface area contributed by atoms with Crippen molar-refractivity contribution in [3.05, 3.63) is 77.8 Å². The van der Waals surface area contributed by atoms with Crippen molar-refractivity contribution in [3.63, 3.8) is 0 Å². The van der Waals surface area contributed by atoms with Gasteiger partial charge in [-0.3, -0.25) is 4.79 Å². The molecule has 4 rings (SSSR count). The summed E-state index contributed by atoms with van der Waals surface area (Å²) in [4.78, 5) is 18.7. The highest BCUT2D eigenvalue weighted by Gasteiger charge is 2.13.